The quantitative estimate of drug-likeness (QED) is 0.287. The standard InChI is InChI=1S/C18H30N4.HI/c1-2-3-4-8-12-20-18(19)21-14-16-11-13-22(15-16)17-9-6-5-7-10-17;/h5-7,9-10,16H,2-4,8,11-15H2,1H3,(H3,19,20,21);1H. The average Bonchev–Trinajstić information content (AvgIpc) is 3.02. The molecule has 1 fully saturated rings. The topological polar surface area (TPSA) is 53.6 Å². The van der Waals surface area contributed by atoms with E-state index < -0.39 is 0 Å². The fraction of sp³-hybridized carbons (Fsp3) is 0.611. The van der Waals surface area contributed by atoms with Crippen LogP contribution in [0.15, 0.2) is 35.3 Å². The van der Waals surface area contributed by atoms with Crippen molar-refractivity contribution in [1.82, 2.24) is 5.32 Å². The van der Waals surface area contributed by atoms with Crippen LogP contribution in [0.5, 0.6) is 0 Å². The third-order valence-electron chi connectivity index (χ3n) is 4.26. The Kier molecular flexibility index (Phi) is 10.1. The molecule has 0 aliphatic carbocycles. The maximum atomic E-state index is 5.94. The predicted octanol–water partition coefficient (Wildman–Crippen LogP) is 3.62. The van der Waals surface area contributed by atoms with Gasteiger partial charge in [-0.05, 0) is 30.9 Å². The number of para-hydroxylation sites is 1. The van der Waals surface area contributed by atoms with Gasteiger partial charge < -0.3 is 16.0 Å². The number of benzene rings is 1. The van der Waals surface area contributed by atoms with Crippen LogP contribution in [0.1, 0.15) is 39.0 Å². The minimum absolute atomic E-state index is 0. The highest BCUT2D eigenvalue weighted by Gasteiger charge is 2.22. The zero-order valence-electron chi connectivity index (χ0n) is 14.2. The van der Waals surface area contributed by atoms with Gasteiger partial charge in [-0.15, -0.1) is 24.0 Å². The molecule has 0 saturated carbocycles. The Bertz CT molecular complexity index is 450. The third kappa shape index (κ3) is 7.42. The van der Waals surface area contributed by atoms with E-state index in [-0.39, 0.29) is 24.0 Å². The predicted molar refractivity (Wildman–Crippen MR) is 111 cm³/mol. The molecule has 5 heteroatoms. The number of halogens is 1. The Hall–Kier alpha value is -0.980. The van der Waals surface area contributed by atoms with E-state index in [9.17, 15) is 0 Å². The van der Waals surface area contributed by atoms with Gasteiger partial charge in [0.25, 0.3) is 0 Å². The Morgan fingerprint density at radius 3 is 2.78 bits per heavy atom. The van der Waals surface area contributed by atoms with E-state index in [0.717, 1.165) is 26.2 Å². The van der Waals surface area contributed by atoms with Gasteiger partial charge in [-0.25, -0.2) is 0 Å². The SMILES string of the molecule is CCCCCCNC(N)=NCC1CCN(c2ccccc2)C1.I. The van der Waals surface area contributed by atoms with Gasteiger partial charge in [-0.2, -0.15) is 0 Å². The first-order chi connectivity index (χ1) is 10.8. The molecule has 0 aromatic heterocycles. The number of rotatable bonds is 8. The number of nitrogens with zero attached hydrogens (tertiary/aromatic N) is 2. The molecule has 130 valence electrons. The van der Waals surface area contributed by atoms with Crippen LogP contribution in [0.2, 0.25) is 0 Å². The Labute approximate surface area is 157 Å². The first-order valence-corrected chi connectivity index (χ1v) is 8.63. The first kappa shape index (κ1) is 20.1. The lowest BCUT2D eigenvalue weighted by Crippen LogP contribution is -2.33. The van der Waals surface area contributed by atoms with Crippen LogP contribution in [0.4, 0.5) is 5.69 Å². The summed E-state index contributed by atoms with van der Waals surface area (Å²) in [6.07, 6.45) is 6.21. The summed E-state index contributed by atoms with van der Waals surface area (Å²) in [4.78, 5) is 6.95. The zero-order valence-corrected chi connectivity index (χ0v) is 16.5. The number of aliphatic imine (C=N–C) groups is 1. The maximum Gasteiger partial charge on any atom is 0.188 e. The average molecular weight is 430 g/mol. The number of nitrogens with two attached hydrogens (primary N) is 1. The van der Waals surface area contributed by atoms with E-state index in [1.165, 1.54) is 37.8 Å². The van der Waals surface area contributed by atoms with E-state index in [2.05, 4.69) is 52.5 Å². The Morgan fingerprint density at radius 2 is 2.04 bits per heavy atom. The highest BCUT2D eigenvalue weighted by atomic mass is 127. The molecule has 1 unspecified atom stereocenters. The lowest BCUT2D eigenvalue weighted by molar-refractivity contribution is 0.599. The number of anilines is 1. The van der Waals surface area contributed by atoms with Crippen LogP contribution in [0.3, 0.4) is 0 Å². The largest absolute Gasteiger partial charge is 0.371 e. The van der Waals surface area contributed by atoms with Gasteiger partial charge in [0.1, 0.15) is 0 Å². The van der Waals surface area contributed by atoms with Crippen LogP contribution in [0, 0.1) is 5.92 Å². The monoisotopic (exact) mass is 430 g/mol. The van der Waals surface area contributed by atoms with E-state index in [1.807, 2.05) is 0 Å². The van der Waals surface area contributed by atoms with Crippen LogP contribution < -0.4 is 16.0 Å². The molecule has 1 aromatic rings. The second kappa shape index (κ2) is 11.5. The van der Waals surface area contributed by atoms with Gasteiger partial charge >= 0.3 is 0 Å². The summed E-state index contributed by atoms with van der Waals surface area (Å²) in [5.41, 5.74) is 7.25. The van der Waals surface area contributed by atoms with Crippen molar-refractivity contribution in [1.29, 1.82) is 0 Å². The summed E-state index contributed by atoms with van der Waals surface area (Å²) in [5.74, 6) is 1.22. The van der Waals surface area contributed by atoms with Crippen molar-refractivity contribution in [3.05, 3.63) is 30.3 Å². The van der Waals surface area contributed by atoms with E-state index in [0.29, 0.717) is 11.9 Å². The second-order valence-corrected chi connectivity index (χ2v) is 6.15. The molecule has 1 aliphatic heterocycles. The minimum atomic E-state index is 0. The van der Waals surface area contributed by atoms with Gasteiger partial charge in [0.15, 0.2) is 5.96 Å². The molecule has 1 heterocycles. The highest BCUT2D eigenvalue weighted by Crippen LogP contribution is 2.23. The molecule has 1 atom stereocenters. The zero-order chi connectivity index (χ0) is 15.6. The van der Waals surface area contributed by atoms with Crippen molar-refractivity contribution < 1.29 is 0 Å². The van der Waals surface area contributed by atoms with Crippen LogP contribution in [-0.4, -0.2) is 32.1 Å². The van der Waals surface area contributed by atoms with Crippen molar-refractivity contribution in [2.24, 2.45) is 16.6 Å². The summed E-state index contributed by atoms with van der Waals surface area (Å²) in [7, 11) is 0. The van der Waals surface area contributed by atoms with Crippen LogP contribution >= 0.6 is 24.0 Å². The number of unbranched alkanes of at least 4 members (excludes halogenated alkanes) is 3. The first-order valence-electron chi connectivity index (χ1n) is 8.63. The summed E-state index contributed by atoms with van der Waals surface area (Å²) < 4.78 is 0. The lowest BCUT2D eigenvalue weighted by atomic mass is 10.1. The van der Waals surface area contributed by atoms with Crippen molar-refractivity contribution in [2.45, 2.75) is 39.0 Å². The normalized spacial score (nSPS) is 17.9. The fourth-order valence-corrected chi connectivity index (χ4v) is 2.91. The number of hydrogen-bond acceptors (Lipinski definition) is 2. The van der Waals surface area contributed by atoms with Crippen molar-refractivity contribution in [2.75, 3.05) is 31.1 Å². The lowest BCUT2D eigenvalue weighted by Gasteiger charge is -2.18. The molecule has 4 nitrogen and oxygen atoms in total. The number of hydrogen-bond donors (Lipinski definition) is 2. The minimum Gasteiger partial charge on any atom is -0.371 e. The molecule has 0 spiro atoms. The van der Waals surface area contributed by atoms with Gasteiger partial charge in [0.2, 0.25) is 0 Å². The maximum absolute atomic E-state index is 5.94. The van der Waals surface area contributed by atoms with Crippen molar-refractivity contribution in [3.63, 3.8) is 0 Å². The van der Waals surface area contributed by atoms with Crippen molar-refractivity contribution >= 4 is 35.6 Å². The Morgan fingerprint density at radius 1 is 1.26 bits per heavy atom. The molecular formula is C18H31IN4. The van der Waals surface area contributed by atoms with Crippen LogP contribution in [0.25, 0.3) is 0 Å². The second-order valence-electron chi connectivity index (χ2n) is 6.15. The highest BCUT2D eigenvalue weighted by molar-refractivity contribution is 14.0. The molecule has 0 amide bonds. The van der Waals surface area contributed by atoms with Gasteiger partial charge in [0, 0.05) is 31.9 Å². The molecule has 1 aromatic carbocycles. The molecular weight excluding hydrogens is 399 g/mol. The third-order valence-corrected chi connectivity index (χ3v) is 4.26. The van der Waals surface area contributed by atoms with E-state index in [1.54, 1.807) is 0 Å². The van der Waals surface area contributed by atoms with E-state index >= 15 is 0 Å². The molecule has 1 saturated heterocycles. The number of nitrogens with one attached hydrogen (secondary N) is 1. The molecule has 0 radical (unpaired) electrons. The summed E-state index contributed by atoms with van der Waals surface area (Å²) in [6.45, 7) is 6.20. The molecule has 1 aliphatic rings. The number of guanidine groups is 1. The molecule has 23 heavy (non-hydrogen) atoms. The van der Waals surface area contributed by atoms with Gasteiger partial charge in [-0.3, -0.25) is 4.99 Å². The molecule has 3 N–H and O–H groups in total. The van der Waals surface area contributed by atoms with Crippen molar-refractivity contribution in [3.8, 4) is 0 Å². The van der Waals surface area contributed by atoms with Gasteiger partial charge in [-0.1, -0.05) is 44.4 Å². The fourth-order valence-electron chi connectivity index (χ4n) is 2.91. The summed E-state index contributed by atoms with van der Waals surface area (Å²) in [6, 6.07) is 10.6. The summed E-state index contributed by atoms with van der Waals surface area (Å²) in [5, 5.41) is 3.22. The summed E-state index contributed by atoms with van der Waals surface area (Å²) >= 11 is 0. The van der Waals surface area contributed by atoms with E-state index in [4.69, 9.17) is 5.73 Å². The molecule has 0 bridgehead atoms. The Balaban J connectivity index is 0.00000264. The smallest absolute Gasteiger partial charge is 0.188 e. The molecule has 2 rings (SSSR count). The van der Waals surface area contributed by atoms with Crippen LogP contribution in [-0.2, 0) is 0 Å². The van der Waals surface area contributed by atoms with Gasteiger partial charge in [0.05, 0.1) is 0 Å².